The number of rotatable bonds is 4. The van der Waals surface area contributed by atoms with Gasteiger partial charge in [-0.3, -0.25) is 14.7 Å². The zero-order valence-electron chi connectivity index (χ0n) is 17.6. The number of aliphatic hydroxyl groups excluding tert-OH is 1. The first-order valence-electron chi connectivity index (χ1n) is 11.2. The van der Waals surface area contributed by atoms with Crippen LogP contribution in [0.4, 0.5) is 0 Å². The first kappa shape index (κ1) is 20.2. The number of para-hydroxylation sites is 1. The molecule has 1 aromatic carbocycles. The third kappa shape index (κ3) is 4.34. The molecular formula is C24H28N4O3. The SMILES string of the molecule is O=C(c1cc(C2CCN(Cc3ccnc4ccccc34)CC2)no1)N1CCCC(O)C1. The lowest BCUT2D eigenvalue weighted by Crippen LogP contribution is -2.42. The van der Waals surface area contributed by atoms with Gasteiger partial charge in [-0.25, -0.2) is 0 Å². The Morgan fingerprint density at radius 1 is 1.13 bits per heavy atom. The minimum Gasteiger partial charge on any atom is -0.391 e. The van der Waals surface area contributed by atoms with Crippen LogP contribution in [0.2, 0.25) is 0 Å². The molecule has 0 saturated carbocycles. The van der Waals surface area contributed by atoms with Crippen molar-refractivity contribution >= 4 is 16.8 Å². The maximum Gasteiger partial charge on any atom is 0.292 e. The molecule has 0 spiro atoms. The van der Waals surface area contributed by atoms with Crippen molar-refractivity contribution in [1.29, 1.82) is 0 Å². The highest BCUT2D eigenvalue weighted by Gasteiger charge is 2.28. The molecule has 1 unspecified atom stereocenters. The summed E-state index contributed by atoms with van der Waals surface area (Å²) in [6.07, 6.45) is 5.00. The number of amides is 1. The van der Waals surface area contributed by atoms with Crippen molar-refractivity contribution in [3.63, 3.8) is 0 Å². The Kier molecular flexibility index (Phi) is 5.70. The molecule has 31 heavy (non-hydrogen) atoms. The minimum absolute atomic E-state index is 0.167. The number of carbonyl (C=O) groups excluding carboxylic acids is 1. The fourth-order valence-corrected chi connectivity index (χ4v) is 4.80. The van der Waals surface area contributed by atoms with E-state index in [0.29, 0.717) is 19.0 Å². The Labute approximate surface area is 181 Å². The molecule has 0 bridgehead atoms. The molecule has 2 aromatic heterocycles. The van der Waals surface area contributed by atoms with Gasteiger partial charge in [-0.15, -0.1) is 0 Å². The smallest absolute Gasteiger partial charge is 0.292 e. The van der Waals surface area contributed by atoms with Crippen molar-refractivity contribution in [2.45, 2.75) is 44.2 Å². The summed E-state index contributed by atoms with van der Waals surface area (Å²) in [5.41, 5.74) is 3.22. The van der Waals surface area contributed by atoms with Gasteiger partial charge < -0.3 is 14.5 Å². The Morgan fingerprint density at radius 3 is 2.81 bits per heavy atom. The molecule has 2 aliphatic heterocycles. The molecule has 7 heteroatoms. The van der Waals surface area contributed by atoms with Crippen LogP contribution in [0.3, 0.4) is 0 Å². The summed E-state index contributed by atoms with van der Waals surface area (Å²) in [7, 11) is 0. The van der Waals surface area contributed by atoms with Crippen molar-refractivity contribution in [2.24, 2.45) is 0 Å². The lowest BCUT2D eigenvalue weighted by atomic mass is 9.93. The van der Waals surface area contributed by atoms with E-state index in [9.17, 15) is 9.90 Å². The number of hydrogen-bond donors (Lipinski definition) is 1. The van der Waals surface area contributed by atoms with Crippen LogP contribution in [-0.4, -0.2) is 63.2 Å². The van der Waals surface area contributed by atoms with E-state index >= 15 is 0 Å². The molecule has 5 rings (SSSR count). The molecule has 7 nitrogen and oxygen atoms in total. The van der Waals surface area contributed by atoms with Gasteiger partial charge in [0.25, 0.3) is 5.91 Å². The van der Waals surface area contributed by atoms with E-state index in [-0.39, 0.29) is 11.7 Å². The fourth-order valence-electron chi connectivity index (χ4n) is 4.80. The van der Waals surface area contributed by atoms with Crippen molar-refractivity contribution in [2.75, 3.05) is 26.2 Å². The van der Waals surface area contributed by atoms with Crippen LogP contribution < -0.4 is 0 Å². The second kappa shape index (κ2) is 8.77. The topological polar surface area (TPSA) is 82.7 Å². The van der Waals surface area contributed by atoms with Gasteiger partial charge in [0.15, 0.2) is 0 Å². The highest BCUT2D eigenvalue weighted by molar-refractivity contribution is 5.91. The zero-order chi connectivity index (χ0) is 21.2. The van der Waals surface area contributed by atoms with Crippen molar-refractivity contribution in [1.82, 2.24) is 19.9 Å². The molecule has 2 aliphatic rings. The van der Waals surface area contributed by atoms with E-state index in [2.05, 4.69) is 39.3 Å². The molecule has 1 amide bonds. The summed E-state index contributed by atoms with van der Waals surface area (Å²) < 4.78 is 5.40. The number of nitrogens with zero attached hydrogens (tertiary/aromatic N) is 4. The van der Waals surface area contributed by atoms with E-state index in [1.807, 2.05) is 12.3 Å². The summed E-state index contributed by atoms with van der Waals surface area (Å²) in [6.45, 7) is 3.91. The van der Waals surface area contributed by atoms with Gasteiger partial charge in [0.05, 0.1) is 17.3 Å². The first-order chi connectivity index (χ1) is 15.2. The standard InChI is InChI=1S/C24H28N4O3/c29-19-4-3-11-28(16-19)24(30)23-14-22(26-31-23)17-8-12-27(13-9-17)15-18-7-10-25-21-6-2-1-5-20(18)21/h1-2,5-7,10,14,17,19,29H,3-4,8-9,11-13,15-16H2. The van der Waals surface area contributed by atoms with Gasteiger partial charge in [0.1, 0.15) is 0 Å². The van der Waals surface area contributed by atoms with E-state index in [4.69, 9.17) is 4.52 Å². The third-order valence-corrected chi connectivity index (χ3v) is 6.56. The summed E-state index contributed by atoms with van der Waals surface area (Å²) in [5, 5.41) is 15.3. The normalized spacial score (nSPS) is 20.9. The highest BCUT2D eigenvalue weighted by Crippen LogP contribution is 2.29. The van der Waals surface area contributed by atoms with E-state index in [1.165, 1.54) is 10.9 Å². The number of aliphatic hydroxyl groups is 1. The van der Waals surface area contributed by atoms with Crippen LogP contribution in [0.1, 0.15) is 53.4 Å². The fraction of sp³-hybridized carbons (Fsp3) is 0.458. The maximum absolute atomic E-state index is 12.7. The average molecular weight is 421 g/mol. The monoisotopic (exact) mass is 420 g/mol. The number of fused-ring (bicyclic) bond motifs is 1. The highest BCUT2D eigenvalue weighted by atomic mass is 16.5. The van der Waals surface area contributed by atoms with Gasteiger partial charge in [0, 0.05) is 43.2 Å². The minimum atomic E-state index is -0.443. The quantitative estimate of drug-likeness (QED) is 0.698. The molecule has 162 valence electrons. The van der Waals surface area contributed by atoms with Gasteiger partial charge in [0.2, 0.25) is 5.76 Å². The predicted molar refractivity (Wildman–Crippen MR) is 117 cm³/mol. The third-order valence-electron chi connectivity index (χ3n) is 6.56. The number of carbonyl (C=O) groups is 1. The maximum atomic E-state index is 12.7. The summed E-state index contributed by atoms with van der Waals surface area (Å²) >= 11 is 0. The lowest BCUT2D eigenvalue weighted by molar-refractivity contribution is 0.0441. The Bertz CT molecular complexity index is 1050. The molecule has 2 fully saturated rings. The number of benzene rings is 1. The molecule has 1 N–H and O–H groups in total. The number of piperidine rings is 2. The van der Waals surface area contributed by atoms with Gasteiger partial charge in [-0.1, -0.05) is 23.4 Å². The van der Waals surface area contributed by atoms with Crippen molar-refractivity contribution in [3.05, 3.63) is 59.6 Å². The number of aromatic nitrogens is 2. The number of β-amino-alcohol motifs (C(OH)–C–C–N with tert-alkyl or cyclic N) is 1. The first-order valence-corrected chi connectivity index (χ1v) is 11.2. The largest absolute Gasteiger partial charge is 0.391 e. The van der Waals surface area contributed by atoms with Crippen LogP contribution in [0.25, 0.3) is 10.9 Å². The van der Waals surface area contributed by atoms with Crippen LogP contribution >= 0.6 is 0 Å². The molecule has 2 saturated heterocycles. The summed E-state index contributed by atoms with van der Waals surface area (Å²) in [5.74, 6) is 0.428. The van der Waals surface area contributed by atoms with Crippen LogP contribution in [-0.2, 0) is 6.54 Å². The van der Waals surface area contributed by atoms with Gasteiger partial charge in [-0.2, -0.15) is 0 Å². The van der Waals surface area contributed by atoms with E-state index in [0.717, 1.165) is 56.5 Å². The van der Waals surface area contributed by atoms with Crippen molar-refractivity contribution in [3.8, 4) is 0 Å². The zero-order valence-corrected chi connectivity index (χ0v) is 17.6. The van der Waals surface area contributed by atoms with E-state index in [1.54, 1.807) is 11.0 Å². The molecule has 1 atom stereocenters. The van der Waals surface area contributed by atoms with Gasteiger partial charge in [-0.05, 0) is 56.5 Å². The second-order valence-corrected chi connectivity index (χ2v) is 8.70. The van der Waals surface area contributed by atoms with E-state index < -0.39 is 6.10 Å². The second-order valence-electron chi connectivity index (χ2n) is 8.70. The molecular weight excluding hydrogens is 392 g/mol. The van der Waals surface area contributed by atoms with Crippen LogP contribution in [0.15, 0.2) is 47.1 Å². The molecule has 0 aliphatic carbocycles. The number of likely N-dealkylation sites (tertiary alicyclic amines) is 2. The van der Waals surface area contributed by atoms with Crippen molar-refractivity contribution < 1.29 is 14.4 Å². The Morgan fingerprint density at radius 2 is 1.97 bits per heavy atom. The number of hydrogen-bond acceptors (Lipinski definition) is 6. The summed E-state index contributed by atoms with van der Waals surface area (Å²) in [4.78, 5) is 21.3. The van der Waals surface area contributed by atoms with Crippen LogP contribution in [0.5, 0.6) is 0 Å². The molecule has 4 heterocycles. The lowest BCUT2D eigenvalue weighted by Gasteiger charge is -2.31. The number of pyridine rings is 1. The Hall–Kier alpha value is -2.77. The molecule has 0 radical (unpaired) electrons. The Balaban J connectivity index is 1.20. The molecule has 3 aromatic rings. The average Bonchev–Trinajstić information content (AvgIpc) is 3.30. The van der Waals surface area contributed by atoms with Gasteiger partial charge >= 0.3 is 0 Å². The predicted octanol–water partition coefficient (Wildman–Crippen LogP) is 3.20. The van der Waals surface area contributed by atoms with Crippen LogP contribution in [0, 0.1) is 0 Å². The summed E-state index contributed by atoms with van der Waals surface area (Å²) in [6, 6.07) is 12.2.